The molecule has 0 aliphatic carbocycles. The molecule has 6 heteroatoms. The van der Waals surface area contributed by atoms with E-state index in [-0.39, 0.29) is 16.9 Å². The van der Waals surface area contributed by atoms with Gasteiger partial charge in [0, 0.05) is 16.3 Å². The van der Waals surface area contributed by atoms with E-state index in [1.807, 2.05) is 30.3 Å². The zero-order valence-electron chi connectivity index (χ0n) is 12.7. The van der Waals surface area contributed by atoms with E-state index in [4.69, 9.17) is 10.5 Å². The normalized spacial score (nSPS) is 10.5. The molecule has 2 rings (SSSR count). The number of nitrogen functional groups attached to an aromatic ring is 1. The summed E-state index contributed by atoms with van der Waals surface area (Å²) in [6, 6.07) is 9.68. The maximum absolute atomic E-state index is 12.1. The van der Waals surface area contributed by atoms with Gasteiger partial charge in [0.05, 0.1) is 24.0 Å². The van der Waals surface area contributed by atoms with Gasteiger partial charge in [-0.05, 0) is 12.1 Å². The third kappa shape index (κ3) is 2.95. The molecule has 0 amide bonds. The lowest BCUT2D eigenvalue weighted by Gasteiger charge is -2.14. The summed E-state index contributed by atoms with van der Waals surface area (Å²) in [6.07, 6.45) is 1.57. The van der Waals surface area contributed by atoms with Crippen molar-refractivity contribution in [2.75, 3.05) is 12.8 Å². The van der Waals surface area contributed by atoms with Crippen molar-refractivity contribution in [1.29, 1.82) is 5.26 Å². The van der Waals surface area contributed by atoms with E-state index in [1.165, 1.54) is 7.11 Å². The Morgan fingerprint density at radius 1 is 1.41 bits per heavy atom. The van der Waals surface area contributed by atoms with Gasteiger partial charge in [0.25, 0.3) is 0 Å². The van der Waals surface area contributed by atoms with Crippen LogP contribution in [0.15, 0.2) is 35.4 Å². The van der Waals surface area contributed by atoms with Crippen LogP contribution < -0.4 is 5.73 Å². The van der Waals surface area contributed by atoms with Crippen LogP contribution in [-0.4, -0.2) is 22.9 Å². The van der Waals surface area contributed by atoms with Crippen LogP contribution in [0.4, 0.5) is 5.69 Å². The van der Waals surface area contributed by atoms with E-state index in [9.17, 15) is 10.1 Å². The average Bonchev–Trinajstić information content (AvgIpc) is 2.83. The molecule has 0 atom stereocenters. The molecule has 0 aliphatic rings. The van der Waals surface area contributed by atoms with Crippen molar-refractivity contribution in [2.24, 2.45) is 0 Å². The molecule has 5 nitrogen and oxygen atoms in total. The fraction of sp³-hybridized carbons (Fsp3) is 0.250. The number of hydrogen-bond donors (Lipinski definition) is 1. The Bertz CT molecular complexity index is 744. The highest BCUT2D eigenvalue weighted by atomic mass is 32.2. The summed E-state index contributed by atoms with van der Waals surface area (Å²) >= 11 is 1.67. The van der Waals surface area contributed by atoms with Gasteiger partial charge in [0.2, 0.25) is 0 Å². The summed E-state index contributed by atoms with van der Waals surface area (Å²) in [6.45, 7) is 4.18. The van der Waals surface area contributed by atoms with E-state index in [2.05, 4.69) is 13.8 Å². The first-order valence-corrected chi connectivity index (χ1v) is 7.62. The summed E-state index contributed by atoms with van der Waals surface area (Å²) in [5.74, 6) is -0.566. The van der Waals surface area contributed by atoms with Crippen LogP contribution in [0.25, 0.3) is 5.69 Å². The highest BCUT2D eigenvalue weighted by Crippen LogP contribution is 2.32. The lowest BCUT2D eigenvalue weighted by molar-refractivity contribution is 0.0593. The number of aromatic nitrogens is 1. The van der Waals surface area contributed by atoms with Crippen molar-refractivity contribution in [3.05, 3.63) is 41.7 Å². The van der Waals surface area contributed by atoms with Gasteiger partial charge >= 0.3 is 5.97 Å². The SMILES string of the molecule is COC(=O)c1c(N)c(C#N)cn1-c1ccccc1SC(C)C. The number of hydrogen-bond acceptors (Lipinski definition) is 5. The zero-order valence-corrected chi connectivity index (χ0v) is 13.5. The Labute approximate surface area is 133 Å². The fourth-order valence-electron chi connectivity index (χ4n) is 2.11. The Morgan fingerprint density at radius 2 is 2.09 bits per heavy atom. The fourth-order valence-corrected chi connectivity index (χ4v) is 3.07. The molecule has 0 saturated carbocycles. The highest BCUT2D eigenvalue weighted by molar-refractivity contribution is 8.00. The standard InChI is InChI=1S/C16H17N3O2S/c1-10(2)22-13-7-5-4-6-12(13)19-9-11(8-17)14(18)15(19)16(20)21-3/h4-7,9-10H,18H2,1-3H3. The molecular weight excluding hydrogens is 298 g/mol. The number of benzene rings is 1. The van der Waals surface area contributed by atoms with Gasteiger partial charge in [-0.25, -0.2) is 4.79 Å². The zero-order chi connectivity index (χ0) is 16.3. The number of nitrogens with two attached hydrogens (primary N) is 1. The number of nitriles is 1. The van der Waals surface area contributed by atoms with Crippen molar-refractivity contribution >= 4 is 23.4 Å². The third-order valence-electron chi connectivity index (χ3n) is 3.03. The molecule has 2 N–H and O–H groups in total. The van der Waals surface area contributed by atoms with E-state index in [0.29, 0.717) is 5.25 Å². The molecule has 0 spiro atoms. The van der Waals surface area contributed by atoms with Crippen LogP contribution in [0.1, 0.15) is 29.9 Å². The van der Waals surface area contributed by atoms with Crippen molar-refractivity contribution in [1.82, 2.24) is 4.57 Å². The molecule has 0 fully saturated rings. The Morgan fingerprint density at radius 3 is 2.68 bits per heavy atom. The largest absolute Gasteiger partial charge is 0.464 e. The number of rotatable bonds is 4. The molecule has 0 aliphatic heterocycles. The van der Waals surface area contributed by atoms with Gasteiger partial charge in [-0.2, -0.15) is 5.26 Å². The number of carbonyl (C=O) groups excluding carboxylic acids is 1. The molecule has 1 heterocycles. The maximum atomic E-state index is 12.1. The minimum absolute atomic E-state index is 0.138. The number of carbonyl (C=O) groups is 1. The number of para-hydroxylation sites is 1. The molecular formula is C16H17N3O2S. The van der Waals surface area contributed by atoms with Crippen LogP contribution in [0.2, 0.25) is 0 Å². The van der Waals surface area contributed by atoms with Gasteiger partial charge in [-0.15, -0.1) is 11.8 Å². The van der Waals surface area contributed by atoms with Crippen LogP contribution in [-0.2, 0) is 4.74 Å². The molecule has 114 valence electrons. The smallest absolute Gasteiger partial charge is 0.357 e. The van der Waals surface area contributed by atoms with Crippen LogP contribution >= 0.6 is 11.8 Å². The molecule has 0 saturated heterocycles. The topological polar surface area (TPSA) is 81.0 Å². The monoisotopic (exact) mass is 315 g/mol. The van der Waals surface area contributed by atoms with Crippen molar-refractivity contribution in [2.45, 2.75) is 24.0 Å². The van der Waals surface area contributed by atoms with Crippen molar-refractivity contribution in [3.63, 3.8) is 0 Å². The maximum Gasteiger partial charge on any atom is 0.357 e. The van der Waals surface area contributed by atoms with Crippen LogP contribution in [0.3, 0.4) is 0 Å². The Kier molecular flexibility index (Phi) is 4.78. The molecule has 1 aromatic carbocycles. The molecule has 0 bridgehead atoms. The predicted octanol–water partition coefficient (Wildman–Crippen LogP) is 3.22. The second kappa shape index (κ2) is 6.58. The number of thioether (sulfide) groups is 1. The predicted molar refractivity (Wildman–Crippen MR) is 87.2 cm³/mol. The molecule has 2 aromatic rings. The first-order valence-electron chi connectivity index (χ1n) is 6.74. The first-order chi connectivity index (χ1) is 10.5. The lowest BCUT2D eigenvalue weighted by atomic mass is 10.2. The van der Waals surface area contributed by atoms with Crippen molar-refractivity contribution in [3.8, 4) is 11.8 Å². The summed E-state index contributed by atoms with van der Waals surface area (Å²) < 4.78 is 6.43. The second-order valence-electron chi connectivity index (χ2n) is 4.91. The highest BCUT2D eigenvalue weighted by Gasteiger charge is 2.23. The summed E-state index contributed by atoms with van der Waals surface area (Å²) in [5.41, 5.74) is 7.30. The van der Waals surface area contributed by atoms with Gasteiger partial charge < -0.3 is 15.0 Å². The van der Waals surface area contributed by atoms with E-state index in [0.717, 1.165) is 10.6 Å². The lowest BCUT2D eigenvalue weighted by Crippen LogP contribution is -2.11. The molecule has 22 heavy (non-hydrogen) atoms. The quantitative estimate of drug-likeness (QED) is 0.692. The van der Waals surface area contributed by atoms with E-state index >= 15 is 0 Å². The van der Waals surface area contributed by atoms with E-state index in [1.54, 1.807) is 22.5 Å². The first kappa shape index (κ1) is 16.0. The van der Waals surface area contributed by atoms with Gasteiger partial charge in [-0.3, -0.25) is 0 Å². The summed E-state index contributed by atoms with van der Waals surface area (Å²) in [7, 11) is 1.29. The minimum atomic E-state index is -0.566. The van der Waals surface area contributed by atoms with Crippen LogP contribution in [0.5, 0.6) is 0 Å². The molecule has 1 aromatic heterocycles. The minimum Gasteiger partial charge on any atom is -0.464 e. The Hall–Kier alpha value is -2.39. The van der Waals surface area contributed by atoms with Gasteiger partial charge in [0.1, 0.15) is 6.07 Å². The van der Waals surface area contributed by atoms with Gasteiger partial charge in [0.15, 0.2) is 5.69 Å². The summed E-state index contributed by atoms with van der Waals surface area (Å²) in [5, 5.41) is 9.55. The van der Waals surface area contributed by atoms with Crippen LogP contribution in [0, 0.1) is 11.3 Å². The number of nitrogens with zero attached hydrogens (tertiary/aromatic N) is 2. The van der Waals surface area contributed by atoms with Gasteiger partial charge in [-0.1, -0.05) is 26.0 Å². The molecule has 0 unspecified atom stereocenters. The van der Waals surface area contributed by atoms with E-state index < -0.39 is 5.97 Å². The second-order valence-corrected chi connectivity index (χ2v) is 6.53. The average molecular weight is 315 g/mol. The number of esters is 1. The Balaban J connectivity index is 2.68. The summed E-state index contributed by atoms with van der Waals surface area (Å²) in [4.78, 5) is 13.1. The number of ether oxygens (including phenoxy) is 1. The third-order valence-corrected chi connectivity index (χ3v) is 4.10. The number of anilines is 1. The molecule has 0 radical (unpaired) electrons. The number of methoxy groups -OCH3 is 1. The van der Waals surface area contributed by atoms with Crippen molar-refractivity contribution < 1.29 is 9.53 Å².